The van der Waals surface area contributed by atoms with Crippen molar-refractivity contribution in [3.8, 4) is 0 Å². The van der Waals surface area contributed by atoms with Crippen molar-refractivity contribution < 1.29 is 9.53 Å². The highest BCUT2D eigenvalue weighted by Gasteiger charge is 2.55. The Bertz CT molecular complexity index is 590. The molecular weight excluding hydrogens is 286 g/mol. The minimum atomic E-state index is -0.357. The number of fused-ring (bicyclic) bond motifs is 1. The fourth-order valence-electron chi connectivity index (χ4n) is 3.87. The molecule has 1 N–H and O–H groups in total. The van der Waals surface area contributed by atoms with E-state index in [4.69, 9.17) is 4.74 Å². The van der Waals surface area contributed by atoms with Crippen molar-refractivity contribution in [3.05, 3.63) is 42.0 Å². The van der Waals surface area contributed by atoms with Crippen molar-refractivity contribution in [3.63, 3.8) is 0 Å². The van der Waals surface area contributed by atoms with Crippen molar-refractivity contribution in [2.75, 3.05) is 18.5 Å². The molecule has 2 fully saturated rings. The van der Waals surface area contributed by atoms with Crippen molar-refractivity contribution in [2.24, 2.45) is 17.3 Å². The van der Waals surface area contributed by atoms with Crippen LogP contribution in [0.15, 0.2) is 36.4 Å². The maximum Gasteiger partial charge on any atom is 0.313 e. The predicted molar refractivity (Wildman–Crippen MR) is 93.3 cm³/mol. The summed E-state index contributed by atoms with van der Waals surface area (Å²) in [5.74, 6) is 0.994. The molecule has 1 saturated carbocycles. The Hall–Kier alpha value is -1.77. The number of ether oxygens (including phenoxy) is 1. The van der Waals surface area contributed by atoms with Crippen LogP contribution in [0.25, 0.3) is 0 Å². The first kappa shape index (κ1) is 16.1. The van der Waals surface area contributed by atoms with E-state index in [0.29, 0.717) is 18.4 Å². The van der Waals surface area contributed by atoms with Crippen LogP contribution >= 0.6 is 0 Å². The molecule has 2 atom stereocenters. The third-order valence-corrected chi connectivity index (χ3v) is 5.23. The molecule has 3 heteroatoms. The summed E-state index contributed by atoms with van der Waals surface area (Å²) in [5.41, 5.74) is 3.19. The van der Waals surface area contributed by atoms with Crippen LogP contribution in [0, 0.1) is 17.3 Å². The van der Waals surface area contributed by atoms with Gasteiger partial charge in [-0.3, -0.25) is 4.79 Å². The Balaban J connectivity index is 1.66. The molecule has 2 aliphatic rings. The molecule has 1 aromatic carbocycles. The van der Waals surface area contributed by atoms with Gasteiger partial charge in [-0.05, 0) is 49.3 Å². The van der Waals surface area contributed by atoms with E-state index in [-0.39, 0.29) is 11.4 Å². The Morgan fingerprint density at radius 1 is 1.35 bits per heavy atom. The first-order chi connectivity index (χ1) is 11.0. The van der Waals surface area contributed by atoms with E-state index in [0.717, 1.165) is 31.5 Å². The van der Waals surface area contributed by atoms with Crippen LogP contribution in [0.3, 0.4) is 0 Å². The number of carbonyl (C=O) groups excluding carboxylic acids is 1. The van der Waals surface area contributed by atoms with Gasteiger partial charge in [0.1, 0.15) is 0 Å². The smallest absolute Gasteiger partial charge is 0.313 e. The number of carbonyl (C=O) groups is 1. The lowest BCUT2D eigenvalue weighted by Crippen LogP contribution is -2.31. The minimum Gasteiger partial charge on any atom is -0.465 e. The molecule has 1 heterocycles. The average molecular weight is 313 g/mol. The van der Waals surface area contributed by atoms with E-state index >= 15 is 0 Å². The molecule has 0 bridgehead atoms. The fraction of sp³-hybridized carbons (Fsp3) is 0.550. The maximum absolute atomic E-state index is 12.3. The van der Waals surface area contributed by atoms with Gasteiger partial charge in [-0.1, -0.05) is 38.1 Å². The molecule has 0 amide bonds. The van der Waals surface area contributed by atoms with Crippen LogP contribution in [-0.4, -0.2) is 19.1 Å². The van der Waals surface area contributed by atoms with Crippen LogP contribution < -0.4 is 5.32 Å². The van der Waals surface area contributed by atoms with E-state index in [1.54, 1.807) is 0 Å². The number of allylic oxidation sites excluding steroid dienone is 1. The van der Waals surface area contributed by atoms with E-state index in [1.807, 2.05) is 0 Å². The number of hydrogen-bond donors (Lipinski definition) is 1. The number of rotatable bonds is 6. The molecule has 23 heavy (non-hydrogen) atoms. The molecule has 1 aliphatic heterocycles. The zero-order valence-electron chi connectivity index (χ0n) is 14.2. The van der Waals surface area contributed by atoms with Crippen molar-refractivity contribution >= 4 is 11.7 Å². The highest BCUT2D eigenvalue weighted by atomic mass is 16.5. The average Bonchev–Trinajstić information content (AvgIpc) is 2.96. The monoisotopic (exact) mass is 313 g/mol. The predicted octanol–water partition coefficient (Wildman–Crippen LogP) is 4.20. The molecule has 0 spiro atoms. The second kappa shape index (κ2) is 6.38. The van der Waals surface area contributed by atoms with Crippen LogP contribution in [0.1, 0.15) is 38.7 Å². The van der Waals surface area contributed by atoms with Crippen molar-refractivity contribution in [1.82, 2.24) is 0 Å². The number of benzene rings is 1. The molecule has 3 nitrogen and oxygen atoms in total. The Kier molecular flexibility index (Phi) is 4.47. The highest BCUT2D eigenvalue weighted by Crippen LogP contribution is 2.52. The molecule has 124 valence electrons. The Morgan fingerprint density at radius 3 is 2.78 bits per heavy atom. The zero-order valence-corrected chi connectivity index (χ0v) is 14.2. The van der Waals surface area contributed by atoms with Gasteiger partial charge in [0.2, 0.25) is 0 Å². The quantitative estimate of drug-likeness (QED) is 0.632. The lowest BCUT2D eigenvalue weighted by atomic mass is 9.75. The third kappa shape index (κ3) is 3.29. The van der Waals surface area contributed by atoms with Crippen molar-refractivity contribution in [1.29, 1.82) is 0 Å². The second-order valence-electron chi connectivity index (χ2n) is 7.57. The van der Waals surface area contributed by atoms with Gasteiger partial charge in [0, 0.05) is 18.2 Å². The molecule has 0 radical (unpaired) electrons. The van der Waals surface area contributed by atoms with E-state index in [9.17, 15) is 4.79 Å². The summed E-state index contributed by atoms with van der Waals surface area (Å²) >= 11 is 0. The summed E-state index contributed by atoms with van der Waals surface area (Å²) in [5, 5.41) is 3.45. The maximum atomic E-state index is 12.3. The molecular formula is C20H27NO2. The number of esters is 1. The minimum absolute atomic E-state index is 0.0275. The van der Waals surface area contributed by atoms with Gasteiger partial charge in [-0.25, -0.2) is 0 Å². The topological polar surface area (TPSA) is 38.3 Å². The highest BCUT2D eigenvalue weighted by molar-refractivity contribution is 5.81. The number of nitrogens with one attached hydrogen (secondary N) is 1. The van der Waals surface area contributed by atoms with Gasteiger partial charge in [0.05, 0.1) is 12.0 Å². The van der Waals surface area contributed by atoms with Gasteiger partial charge >= 0.3 is 5.97 Å². The van der Waals surface area contributed by atoms with Crippen LogP contribution in [-0.2, 0) is 16.0 Å². The van der Waals surface area contributed by atoms with Gasteiger partial charge in [-0.15, -0.1) is 0 Å². The van der Waals surface area contributed by atoms with Gasteiger partial charge in [0.15, 0.2) is 0 Å². The van der Waals surface area contributed by atoms with Crippen LogP contribution in [0.2, 0.25) is 0 Å². The molecule has 2 unspecified atom stereocenters. The molecule has 1 aromatic rings. The van der Waals surface area contributed by atoms with Gasteiger partial charge in [-0.2, -0.15) is 0 Å². The first-order valence-electron chi connectivity index (χ1n) is 8.66. The first-order valence-corrected chi connectivity index (χ1v) is 8.66. The fourth-order valence-corrected chi connectivity index (χ4v) is 3.87. The molecule has 1 saturated heterocycles. The summed E-state index contributed by atoms with van der Waals surface area (Å²) < 4.78 is 5.35. The summed E-state index contributed by atoms with van der Waals surface area (Å²) in [7, 11) is 0. The normalized spacial score (nSPS) is 26.5. The van der Waals surface area contributed by atoms with Crippen LogP contribution in [0.4, 0.5) is 5.69 Å². The summed E-state index contributed by atoms with van der Waals surface area (Å²) in [6.07, 6.45) is 3.65. The summed E-state index contributed by atoms with van der Waals surface area (Å²) in [6, 6.07) is 8.50. The molecule has 3 rings (SSSR count). The van der Waals surface area contributed by atoms with E-state index in [1.165, 1.54) is 17.6 Å². The zero-order chi connectivity index (χ0) is 16.4. The third-order valence-electron chi connectivity index (χ3n) is 5.23. The largest absolute Gasteiger partial charge is 0.465 e. The van der Waals surface area contributed by atoms with E-state index in [2.05, 4.69) is 50.0 Å². The van der Waals surface area contributed by atoms with Crippen LogP contribution in [0.5, 0.6) is 0 Å². The standard InChI is InChI=1S/C20H27NO2/c1-14(2)8-9-21-18-6-4-16(5-7-18)12-20-11-15(3)10-17(20)13-23-19(20)22/h4-7,14,17,21H,3,8-13H2,1-2H3. The number of anilines is 1. The molecule has 1 aliphatic carbocycles. The van der Waals surface area contributed by atoms with Crippen molar-refractivity contribution in [2.45, 2.75) is 39.5 Å². The molecule has 0 aromatic heterocycles. The lowest BCUT2D eigenvalue weighted by Gasteiger charge is -2.24. The Morgan fingerprint density at radius 2 is 2.09 bits per heavy atom. The number of hydrogen-bond acceptors (Lipinski definition) is 3. The van der Waals surface area contributed by atoms with Gasteiger partial charge < -0.3 is 10.1 Å². The van der Waals surface area contributed by atoms with E-state index < -0.39 is 0 Å². The summed E-state index contributed by atoms with van der Waals surface area (Å²) in [4.78, 5) is 12.3. The number of cyclic esters (lactones) is 1. The lowest BCUT2D eigenvalue weighted by molar-refractivity contribution is -0.146. The summed E-state index contributed by atoms with van der Waals surface area (Å²) in [6.45, 7) is 10.1. The SMILES string of the molecule is C=C1CC2COC(=O)C2(Cc2ccc(NCCC(C)C)cc2)C1. The second-order valence-corrected chi connectivity index (χ2v) is 7.57. The van der Waals surface area contributed by atoms with Gasteiger partial charge in [0.25, 0.3) is 0 Å². The Labute approximate surface area is 139 Å².